The van der Waals surface area contributed by atoms with E-state index in [4.69, 9.17) is 16.3 Å². The van der Waals surface area contributed by atoms with Crippen molar-refractivity contribution in [3.05, 3.63) is 64.4 Å². The first kappa shape index (κ1) is 24.7. The minimum atomic E-state index is -0.628. The van der Waals surface area contributed by atoms with Gasteiger partial charge in [0.2, 0.25) is 0 Å². The maximum absolute atomic E-state index is 14.5. The van der Waals surface area contributed by atoms with Crippen molar-refractivity contribution in [2.75, 3.05) is 68.0 Å². The molecule has 0 aliphatic carbocycles. The van der Waals surface area contributed by atoms with Gasteiger partial charge in [0.15, 0.2) is 0 Å². The average Bonchev–Trinajstić information content (AvgIpc) is 2.90. The summed E-state index contributed by atoms with van der Waals surface area (Å²) in [7, 11) is 0. The minimum Gasteiger partial charge on any atom is -0.379 e. The molecule has 2 N–H and O–H groups in total. The summed E-state index contributed by atoms with van der Waals surface area (Å²) in [5.41, 5.74) is 3.84. The maximum Gasteiger partial charge on any atom is 0.149 e. The Bertz CT molecular complexity index is 1220. The summed E-state index contributed by atoms with van der Waals surface area (Å²) in [4.78, 5) is 13.6. The van der Waals surface area contributed by atoms with Gasteiger partial charge in [-0.1, -0.05) is 11.6 Å². The third-order valence-electron chi connectivity index (χ3n) is 6.70. The van der Waals surface area contributed by atoms with Gasteiger partial charge in [-0.05, 0) is 36.8 Å². The molecule has 1 aromatic carbocycles. The molecule has 36 heavy (non-hydrogen) atoms. The number of rotatable bonds is 7. The van der Waals surface area contributed by atoms with Gasteiger partial charge in [0.05, 0.1) is 23.9 Å². The molecule has 4 heterocycles. The molecule has 0 bridgehead atoms. The highest BCUT2D eigenvalue weighted by Crippen LogP contribution is 2.38. The van der Waals surface area contributed by atoms with Gasteiger partial charge in [-0.25, -0.2) is 18.7 Å². The Hall–Kier alpha value is -3.01. The fraction of sp³-hybridized carbons (Fsp3) is 0.385. The third-order valence-corrected chi connectivity index (χ3v) is 7.11. The third kappa shape index (κ3) is 5.23. The maximum atomic E-state index is 14.5. The summed E-state index contributed by atoms with van der Waals surface area (Å²) < 4.78 is 33.9. The van der Waals surface area contributed by atoms with Crippen molar-refractivity contribution in [1.29, 1.82) is 0 Å². The highest BCUT2D eigenvalue weighted by atomic mass is 35.5. The first-order chi connectivity index (χ1) is 17.5. The molecule has 190 valence electrons. The average molecular weight is 515 g/mol. The Labute approximate surface area is 214 Å². The van der Waals surface area contributed by atoms with Crippen LogP contribution < -0.4 is 15.5 Å². The Morgan fingerprint density at radius 2 is 1.86 bits per heavy atom. The van der Waals surface area contributed by atoms with Crippen LogP contribution in [0.1, 0.15) is 11.1 Å². The van der Waals surface area contributed by atoms with E-state index in [0.717, 1.165) is 79.7 Å². The largest absolute Gasteiger partial charge is 0.379 e. The van der Waals surface area contributed by atoms with Gasteiger partial charge < -0.3 is 20.3 Å². The van der Waals surface area contributed by atoms with Gasteiger partial charge in [-0.15, -0.1) is 0 Å². The number of fused-ring (bicyclic) bond motifs is 1. The molecule has 5 rings (SSSR count). The number of anilines is 3. The van der Waals surface area contributed by atoms with E-state index in [-0.39, 0.29) is 17.1 Å². The normalized spacial score (nSPS) is 15.9. The molecule has 1 fully saturated rings. The van der Waals surface area contributed by atoms with E-state index in [2.05, 4.69) is 25.5 Å². The van der Waals surface area contributed by atoms with Crippen LogP contribution in [0.4, 0.5) is 26.1 Å². The number of nitrogens with one attached hydrogen (secondary N) is 2. The number of halogens is 3. The smallest absolute Gasteiger partial charge is 0.149 e. The van der Waals surface area contributed by atoms with Crippen LogP contribution in [0, 0.1) is 18.6 Å². The number of ether oxygens (including phenoxy) is 1. The van der Waals surface area contributed by atoms with E-state index < -0.39 is 11.6 Å². The number of nitrogens with zero attached hydrogens (tertiary/aromatic N) is 4. The van der Waals surface area contributed by atoms with Gasteiger partial charge in [0.25, 0.3) is 0 Å². The zero-order valence-corrected chi connectivity index (χ0v) is 20.9. The van der Waals surface area contributed by atoms with E-state index in [1.807, 2.05) is 36.4 Å². The van der Waals surface area contributed by atoms with Crippen LogP contribution in [-0.2, 0) is 11.3 Å². The van der Waals surface area contributed by atoms with Crippen molar-refractivity contribution in [2.24, 2.45) is 0 Å². The fourth-order valence-corrected chi connectivity index (χ4v) is 4.92. The van der Waals surface area contributed by atoms with Crippen LogP contribution in [0.3, 0.4) is 0 Å². The number of benzene rings is 1. The van der Waals surface area contributed by atoms with Crippen molar-refractivity contribution in [2.45, 2.75) is 13.5 Å². The lowest BCUT2D eigenvalue weighted by Gasteiger charge is -2.33. The summed E-state index contributed by atoms with van der Waals surface area (Å²) in [5.74, 6) is 0.376. The van der Waals surface area contributed by atoms with E-state index in [9.17, 15) is 8.78 Å². The Morgan fingerprint density at radius 1 is 1.06 bits per heavy atom. The van der Waals surface area contributed by atoms with Crippen molar-refractivity contribution < 1.29 is 13.5 Å². The van der Waals surface area contributed by atoms with E-state index in [0.29, 0.717) is 18.9 Å². The Morgan fingerprint density at radius 3 is 2.64 bits per heavy atom. The monoisotopic (exact) mass is 514 g/mol. The standard InChI is InChI=1S/C26H29ClF2N6O/c1-17-19(18-2-5-23(32-14-18)30-6-8-34-10-12-36-13-11-34)15-33-26-25(17)35(9-7-31-26)16-20-21(28)3-4-22(29)24(20)27/h2-5,14-15H,6-13,16H2,1H3,(H,30,32)(H,31,33). The molecule has 2 aliphatic rings. The predicted molar refractivity (Wildman–Crippen MR) is 139 cm³/mol. The molecular formula is C26H29ClF2N6O. The van der Waals surface area contributed by atoms with Crippen LogP contribution in [0.25, 0.3) is 11.1 Å². The summed E-state index contributed by atoms with van der Waals surface area (Å²) in [6.45, 7) is 8.66. The molecule has 0 unspecified atom stereocenters. The van der Waals surface area contributed by atoms with Crippen molar-refractivity contribution in [3.63, 3.8) is 0 Å². The molecule has 2 aliphatic heterocycles. The molecule has 10 heteroatoms. The molecule has 0 amide bonds. The van der Waals surface area contributed by atoms with Crippen molar-refractivity contribution in [1.82, 2.24) is 14.9 Å². The van der Waals surface area contributed by atoms with Crippen LogP contribution >= 0.6 is 11.6 Å². The van der Waals surface area contributed by atoms with Gasteiger partial charge in [0.1, 0.15) is 23.3 Å². The second-order valence-corrected chi connectivity index (χ2v) is 9.36. The minimum absolute atomic E-state index is 0.142. The highest BCUT2D eigenvalue weighted by Gasteiger charge is 2.25. The molecule has 3 aromatic rings. The lowest BCUT2D eigenvalue weighted by Crippen LogP contribution is -2.39. The topological polar surface area (TPSA) is 65.5 Å². The molecule has 0 spiro atoms. The van der Waals surface area contributed by atoms with E-state index in [1.165, 1.54) is 0 Å². The number of hydrogen-bond acceptors (Lipinski definition) is 7. The second kappa shape index (κ2) is 10.9. The molecule has 0 saturated carbocycles. The summed E-state index contributed by atoms with van der Waals surface area (Å²) in [6, 6.07) is 6.14. The molecule has 1 saturated heterocycles. The number of pyridine rings is 2. The molecular weight excluding hydrogens is 486 g/mol. The van der Waals surface area contributed by atoms with Gasteiger partial charge in [-0.3, -0.25) is 4.90 Å². The Balaban J connectivity index is 1.33. The van der Waals surface area contributed by atoms with Crippen LogP contribution in [0.15, 0.2) is 36.7 Å². The van der Waals surface area contributed by atoms with E-state index in [1.54, 1.807) is 0 Å². The fourth-order valence-electron chi connectivity index (χ4n) is 4.71. The van der Waals surface area contributed by atoms with Gasteiger partial charge in [0, 0.05) is 74.9 Å². The zero-order valence-electron chi connectivity index (χ0n) is 20.2. The molecule has 7 nitrogen and oxygen atoms in total. The van der Waals surface area contributed by atoms with Crippen LogP contribution in [0.2, 0.25) is 5.02 Å². The zero-order chi connectivity index (χ0) is 25.1. The van der Waals surface area contributed by atoms with Gasteiger partial charge >= 0.3 is 0 Å². The quantitative estimate of drug-likeness (QED) is 0.448. The number of hydrogen-bond donors (Lipinski definition) is 2. The summed E-state index contributed by atoms with van der Waals surface area (Å²) in [6.07, 6.45) is 3.65. The second-order valence-electron chi connectivity index (χ2n) is 8.98. The first-order valence-corrected chi connectivity index (χ1v) is 12.5. The molecule has 0 atom stereocenters. The molecule has 0 radical (unpaired) electrons. The van der Waals surface area contributed by atoms with Crippen LogP contribution in [-0.4, -0.2) is 67.4 Å². The summed E-state index contributed by atoms with van der Waals surface area (Å²) >= 11 is 6.11. The van der Waals surface area contributed by atoms with E-state index >= 15 is 0 Å². The number of aromatic nitrogens is 2. The lowest BCUT2D eigenvalue weighted by atomic mass is 10.0. The SMILES string of the molecule is Cc1c(-c2ccc(NCCN3CCOCC3)nc2)cnc2c1N(Cc1c(F)ccc(F)c1Cl)CCN2. The first-order valence-electron chi connectivity index (χ1n) is 12.1. The van der Waals surface area contributed by atoms with Gasteiger partial charge in [-0.2, -0.15) is 0 Å². The van der Waals surface area contributed by atoms with Crippen molar-refractivity contribution >= 4 is 28.9 Å². The molecule has 2 aromatic heterocycles. The Kier molecular flexibility index (Phi) is 7.50. The number of morpholine rings is 1. The lowest BCUT2D eigenvalue weighted by molar-refractivity contribution is 0.0398. The highest BCUT2D eigenvalue weighted by molar-refractivity contribution is 6.31. The predicted octanol–water partition coefficient (Wildman–Crippen LogP) is 4.56. The van der Waals surface area contributed by atoms with Crippen molar-refractivity contribution in [3.8, 4) is 11.1 Å². The summed E-state index contributed by atoms with van der Waals surface area (Å²) in [5, 5.41) is 6.50. The van der Waals surface area contributed by atoms with Crippen LogP contribution in [0.5, 0.6) is 0 Å².